The van der Waals surface area contributed by atoms with Gasteiger partial charge in [-0.2, -0.15) is 17.4 Å². The van der Waals surface area contributed by atoms with Crippen molar-refractivity contribution in [2.24, 2.45) is 5.92 Å². The quantitative estimate of drug-likeness (QED) is 0.882. The number of hydrogen-bond donors (Lipinski definition) is 1. The summed E-state index contributed by atoms with van der Waals surface area (Å²) in [6.45, 7) is 5.80. The van der Waals surface area contributed by atoms with Crippen LogP contribution in [0.3, 0.4) is 0 Å². The zero-order valence-electron chi connectivity index (χ0n) is 14.4. The average Bonchev–Trinajstić information content (AvgIpc) is 2.61. The molecule has 1 N–H and O–H groups in total. The van der Waals surface area contributed by atoms with Crippen molar-refractivity contribution in [3.8, 4) is 0 Å². The fraction of sp³-hybridized carbons (Fsp3) is 0.706. The molecule has 3 heterocycles. The molecule has 6 nitrogen and oxygen atoms in total. The zero-order valence-corrected chi connectivity index (χ0v) is 15.3. The van der Waals surface area contributed by atoms with Gasteiger partial charge in [0.2, 0.25) is 0 Å². The topological polar surface area (TPSA) is 65.5 Å². The van der Waals surface area contributed by atoms with E-state index >= 15 is 0 Å². The third-order valence-electron chi connectivity index (χ3n) is 5.03. The Balaban J connectivity index is 1.59. The lowest BCUT2D eigenvalue weighted by Gasteiger charge is -2.29. The lowest BCUT2D eigenvalue weighted by Crippen LogP contribution is -2.44. The third kappa shape index (κ3) is 4.46. The van der Waals surface area contributed by atoms with Gasteiger partial charge in [-0.25, -0.2) is 4.98 Å². The molecule has 134 valence electrons. The van der Waals surface area contributed by atoms with Gasteiger partial charge in [-0.3, -0.25) is 0 Å². The van der Waals surface area contributed by atoms with Crippen molar-refractivity contribution in [2.75, 3.05) is 31.1 Å². The summed E-state index contributed by atoms with van der Waals surface area (Å²) in [6.07, 6.45) is 7.34. The fourth-order valence-corrected chi connectivity index (χ4v) is 4.58. The standard InChI is InChI=1S/C17H28N4O2S/c1-15-6-11-21(12-7-15)24(22,23)19-14-16-5-8-18-17(13-16)20-9-3-2-4-10-20/h5,8,13,15,19H,2-4,6-7,9-12,14H2,1H3. The molecule has 2 fully saturated rings. The van der Waals surface area contributed by atoms with Crippen LogP contribution in [0.25, 0.3) is 0 Å². The van der Waals surface area contributed by atoms with Gasteiger partial charge in [0.05, 0.1) is 0 Å². The van der Waals surface area contributed by atoms with Crippen molar-refractivity contribution >= 4 is 16.0 Å². The minimum Gasteiger partial charge on any atom is -0.357 e. The molecular weight excluding hydrogens is 324 g/mol. The van der Waals surface area contributed by atoms with Crippen molar-refractivity contribution in [3.05, 3.63) is 23.9 Å². The highest BCUT2D eigenvalue weighted by Gasteiger charge is 2.26. The maximum Gasteiger partial charge on any atom is 0.279 e. The smallest absolute Gasteiger partial charge is 0.279 e. The second kappa shape index (κ2) is 7.80. The van der Waals surface area contributed by atoms with Gasteiger partial charge in [0.25, 0.3) is 10.2 Å². The van der Waals surface area contributed by atoms with E-state index in [4.69, 9.17) is 0 Å². The van der Waals surface area contributed by atoms with Crippen molar-refractivity contribution in [3.63, 3.8) is 0 Å². The van der Waals surface area contributed by atoms with E-state index in [0.29, 0.717) is 25.6 Å². The molecule has 0 amide bonds. The number of piperidine rings is 2. The van der Waals surface area contributed by atoms with E-state index in [1.54, 1.807) is 10.5 Å². The molecule has 1 aromatic rings. The Morgan fingerprint density at radius 3 is 2.58 bits per heavy atom. The van der Waals surface area contributed by atoms with Crippen molar-refractivity contribution < 1.29 is 8.42 Å². The normalized spacial score (nSPS) is 21.1. The summed E-state index contributed by atoms with van der Waals surface area (Å²) in [5.41, 5.74) is 0.958. The van der Waals surface area contributed by atoms with E-state index < -0.39 is 10.2 Å². The molecule has 0 radical (unpaired) electrons. The van der Waals surface area contributed by atoms with Gasteiger partial charge >= 0.3 is 0 Å². The first-order valence-corrected chi connectivity index (χ1v) is 10.4. The van der Waals surface area contributed by atoms with Crippen LogP contribution in [-0.4, -0.2) is 43.9 Å². The van der Waals surface area contributed by atoms with Gasteiger partial charge in [0.15, 0.2) is 0 Å². The molecular formula is C17H28N4O2S. The predicted molar refractivity (Wildman–Crippen MR) is 96.0 cm³/mol. The first kappa shape index (κ1) is 17.6. The molecule has 1 aromatic heterocycles. The summed E-state index contributed by atoms with van der Waals surface area (Å²) in [7, 11) is -3.39. The number of rotatable bonds is 5. The minimum atomic E-state index is -3.39. The molecule has 0 saturated carbocycles. The number of nitrogens with zero attached hydrogens (tertiary/aromatic N) is 3. The van der Waals surface area contributed by atoms with E-state index in [2.05, 4.69) is 21.5 Å². The van der Waals surface area contributed by atoms with Crippen LogP contribution in [0.1, 0.15) is 44.6 Å². The summed E-state index contributed by atoms with van der Waals surface area (Å²) in [4.78, 5) is 6.73. The number of anilines is 1. The van der Waals surface area contributed by atoms with Crippen LogP contribution in [0.5, 0.6) is 0 Å². The molecule has 2 aliphatic rings. The summed E-state index contributed by atoms with van der Waals surface area (Å²) in [5, 5.41) is 0. The maximum absolute atomic E-state index is 12.4. The van der Waals surface area contributed by atoms with Crippen LogP contribution >= 0.6 is 0 Å². The molecule has 0 spiro atoms. The van der Waals surface area contributed by atoms with Crippen LogP contribution in [0, 0.1) is 5.92 Å². The minimum absolute atomic E-state index is 0.317. The highest BCUT2D eigenvalue weighted by atomic mass is 32.2. The van der Waals surface area contributed by atoms with Gasteiger partial charge in [-0.05, 0) is 55.7 Å². The lowest BCUT2D eigenvalue weighted by molar-refractivity contribution is 0.285. The van der Waals surface area contributed by atoms with E-state index in [1.807, 2.05) is 12.1 Å². The third-order valence-corrected chi connectivity index (χ3v) is 6.59. The van der Waals surface area contributed by atoms with E-state index in [0.717, 1.165) is 37.3 Å². The Kier molecular flexibility index (Phi) is 5.73. The molecule has 24 heavy (non-hydrogen) atoms. The van der Waals surface area contributed by atoms with Crippen LogP contribution < -0.4 is 9.62 Å². The molecule has 2 aliphatic heterocycles. The molecule has 0 bridgehead atoms. The average molecular weight is 353 g/mol. The molecule has 2 saturated heterocycles. The van der Waals surface area contributed by atoms with Gasteiger partial charge < -0.3 is 4.90 Å². The summed E-state index contributed by atoms with van der Waals surface area (Å²) >= 11 is 0. The largest absolute Gasteiger partial charge is 0.357 e. The van der Waals surface area contributed by atoms with E-state index in [-0.39, 0.29) is 0 Å². The number of nitrogens with one attached hydrogen (secondary N) is 1. The van der Waals surface area contributed by atoms with Gasteiger partial charge in [-0.1, -0.05) is 6.92 Å². The molecule has 3 rings (SSSR count). The van der Waals surface area contributed by atoms with Gasteiger partial charge in [-0.15, -0.1) is 0 Å². The van der Waals surface area contributed by atoms with Crippen molar-refractivity contribution in [2.45, 2.75) is 45.6 Å². The lowest BCUT2D eigenvalue weighted by atomic mass is 10.0. The Morgan fingerprint density at radius 1 is 1.17 bits per heavy atom. The number of aromatic nitrogens is 1. The molecule has 0 unspecified atom stereocenters. The van der Waals surface area contributed by atoms with Crippen molar-refractivity contribution in [1.82, 2.24) is 14.0 Å². The summed E-state index contributed by atoms with van der Waals surface area (Å²) in [5.74, 6) is 1.57. The van der Waals surface area contributed by atoms with Crippen LogP contribution in [0.15, 0.2) is 18.3 Å². The predicted octanol–water partition coefficient (Wildman–Crippen LogP) is 2.14. The molecule has 7 heteroatoms. The molecule has 0 atom stereocenters. The van der Waals surface area contributed by atoms with Crippen LogP contribution in [0.4, 0.5) is 5.82 Å². The van der Waals surface area contributed by atoms with E-state index in [1.165, 1.54) is 19.3 Å². The number of hydrogen-bond acceptors (Lipinski definition) is 4. The molecule has 0 aromatic carbocycles. The SMILES string of the molecule is CC1CCN(S(=O)(=O)NCc2ccnc(N3CCCCC3)c2)CC1. The summed E-state index contributed by atoms with van der Waals surface area (Å²) in [6, 6.07) is 3.89. The monoisotopic (exact) mass is 352 g/mol. The van der Waals surface area contributed by atoms with Gasteiger partial charge in [0, 0.05) is 38.9 Å². The fourth-order valence-electron chi connectivity index (χ4n) is 3.36. The Bertz CT molecular complexity index is 636. The molecule has 0 aliphatic carbocycles. The van der Waals surface area contributed by atoms with E-state index in [9.17, 15) is 8.42 Å². The Labute approximate surface area is 145 Å². The maximum atomic E-state index is 12.4. The van der Waals surface area contributed by atoms with Gasteiger partial charge in [0.1, 0.15) is 5.82 Å². The van der Waals surface area contributed by atoms with Crippen molar-refractivity contribution in [1.29, 1.82) is 0 Å². The second-order valence-corrected chi connectivity index (χ2v) is 8.73. The highest BCUT2D eigenvalue weighted by Crippen LogP contribution is 2.20. The Hall–Kier alpha value is -1.18. The van der Waals surface area contributed by atoms with Crippen LogP contribution in [0.2, 0.25) is 0 Å². The van der Waals surface area contributed by atoms with Crippen LogP contribution in [-0.2, 0) is 16.8 Å². The first-order chi connectivity index (χ1) is 11.5. The number of pyridine rings is 1. The summed E-state index contributed by atoms with van der Waals surface area (Å²) < 4.78 is 29.2. The Morgan fingerprint density at radius 2 is 1.88 bits per heavy atom. The second-order valence-electron chi connectivity index (χ2n) is 6.98. The zero-order chi connectivity index (χ0) is 17.0. The first-order valence-electron chi connectivity index (χ1n) is 8.99. The highest BCUT2D eigenvalue weighted by molar-refractivity contribution is 7.87.